The van der Waals surface area contributed by atoms with Crippen LogP contribution in [0.2, 0.25) is 0 Å². The smallest absolute Gasteiger partial charge is 0.0832 e. The normalized spacial score (nSPS) is 21.4. The standard InChI is InChI=1S/C15H31NO/c1-3-5-6-8-11-14(16)15(17-4-2)12-9-7-10-13-15/h14H,3-13,16H2,1-2H3. The largest absolute Gasteiger partial charge is 0.374 e. The monoisotopic (exact) mass is 241 g/mol. The second-order valence-corrected chi connectivity index (χ2v) is 5.51. The third kappa shape index (κ3) is 4.59. The van der Waals surface area contributed by atoms with Gasteiger partial charge in [-0.2, -0.15) is 0 Å². The number of hydrogen-bond donors (Lipinski definition) is 1. The average molecular weight is 241 g/mol. The molecule has 1 aliphatic rings. The highest BCUT2D eigenvalue weighted by Gasteiger charge is 2.38. The summed E-state index contributed by atoms with van der Waals surface area (Å²) in [6.07, 6.45) is 12.7. The van der Waals surface area contributed by atoms with E-state index in [-0.39, 0.29) is 11.6 Å². The van der Waals surface area contributed by atoms with E-state index in [2.05, 4.69) is 13.8 Å². The summed E-state index contributed by atoms with van der Waals surface area (Å²) >= 11 is 0. The predicted molar refractivity (Wildman–Crippen MR) is 74.2 cm³/mol. The molecular weight excluding hydrogens is 210 g/mol. The molecule has 1 atom stereocenters. The van der Waals surface area contributed by atoms with Crippen LogP contribution in [0.4, 0.5) is 0 Å². The fourth-order valence-corrected chi connectivity index (χ4v) is 3.11. The van der Waals surface area contributed by atoms with Gasteiger partial charge in [0.1, 0.15) is 0 Å². The Balaban J connectivity index is 2.39. The fraction of sp³-hybridized carbons (Fsp3) is 1.00. The lowest BCUT2D eigenvalue weighted by Crippen LogP contribution is -2.51. The van der Waals surface area contributed by atoms with E-state index in [1.165, 1.54) is 57.8 Å². The van der Waals surface area contributed by atoms with Gasteiger partial charge < -0.3 is 10.5 Å². The van der Waals surface area contributed by atoms with Crippen LogP contribution >= 0.6 is 0 Å². The predicted octanol–water partition coefficient (Wildman–Crippen LogP) is 4.02. The molecule has 0 aromatic rings. The molecule has 0 heterocycles. The Hall–Kier alpha value is -0.0800. The maximum Gasteiger partial charge on any atom is 0.0832 e. The molecule has 0 radical (unpaired) electrons. The van der Waals surface area contributed by atoms with Crippen molar-refractivity contribution in [3.05, 3.63) is 0 Å². The van der Waals surface area contributed by atoms with Crippen molar-refractivity contribution in [2.24, 2.45) is 5.73 Å². The van der Waals surface area contributed by atoms with Crippen molar-refractivity contribution in [2.75, 3.05) is 6.61 Å². The Bertz CT molecular complexity index is 182. The van der Waals surface area contributed by atoms with E-state index in [1.807, 2.05) is 0 Å². The van der Waals surface area contributed by atoms with Crippen LogP contribution in [0, 0.1) is 0 Å². The maximum atomic E-state index is 6.43. The third-order valence-corrected chi connectivity index (χ3v) is 4.18. The lowest BCUT2D eigenvalue weighted by molar-refractivity contribution is -0.0837. The van der Waals surface area contributed by atoms with Gasteiger partial charge in [-0.1, -0.05) is 51.9 Å². The summed E-state index contributed by atoms with van der Waals surface area (Å²) in [5, 5.41) is 0. The molecule has 0 spiro atoms. The molecule has 0 aromatic heterocycles. The zero-order chi connectivity index (χ0) is 12.6. The van der Waals surface area contributed by atoms with E-state index in [4.69, 9.17) is 10.5 Å². The Labute approximate surface area is 107 Å². The molecule has 0 saturated heterocycles. The van der Waals surface area contributed by atoms with Crippen LogP contribution in [-0.2, 0) is 4.74 Å². The second-order valence-electron chi connectivity index (χ2n) is 5.51. The quantitative estimate of drug-likeness (QED) is 0.651. The summed E-state index contributed by atoms with van der Waals surface area (Å²) in [6, 6.07) is 0.250. The number of ether oxygens (including phenoxy) is 1. The van der Waals surface area contributed by atoms with Gasteiger partial charge >= 0.3 is 0 Å². The van der Waals surface area contributed by atoms with Crippen LogP contribution in [0.5, 0.6) is 0 Å². The fourth-order valence-electron chi connectivity index (χ4n) is 3.11. The number of unbranched alkanes of at least 4 members (excludes halogenated alkanes) is 3. The summed E-state index contributed by atoms with van der Waals surface area (Å²) in [7, 11) is 0. The highest BCUT2D eigenvalue weighted by molar-refractivity contribution is 4.93. The Morgan fingerprint density at radius 1 is 1.06 bits per heavy atom. The zero-order valence-electron chi connectivity index (χ0n) is 11.8. The van der Waals surface area contributed by atoms with Crippen molar-refractivity contribution >= 4 is 0 Å². The summed E-state index contributed by atoms with van der Waals surface area (Å²) in [5.41, 5.74) is 6.44. The molecule has 1 rings (SSSR count). The summed E-state index contributed by atoms with van der Waals surface area (Å²) < 4.78 is 6.06. The van der Waals surface area contributed by atoms with Crippen molar-refractivity contribution in [1.29, 1.82) is 0 Å². The number of hydrogen-bond acceptors (Lipinski definition) is 2. The molecule has 1 fully saturated rings. The van der Waals surface area contributed by atoms with Crippen molar-refractivity contribution in [3.63, 3.8) is 0 Å². The third-order valence-electron chi connectivity index (χ3n) is 4.18. The van der Waals surface area contributed by atoms with E-state index in [1.54, 1.807) is 0 Å². The van der Waals surface area contributed by atoms with E-state index < -0.39 is 0 Å². The lowest BCUT2D eigenvalue weighted by Gasteiger charge is -2.41. The van der Waals surface area contributed by atoms with Crippen LogP contribution in [-0.4, -0.2) is 18.2 Å². The van der Waals surface area contributed by atoms with E-state index in [0.717, 1.165) is 13.0 Å². The minimum absolute atomic E-state index is 0.0131. The zero-order valence-corrected chi connectivity index (χ0v) is 11.8. The SMILES string of the molecule is CCCCCCC(N)C1(OCC)CCCCC1. The Morgan fingerprint density at radius 3 is 2.35 bits per heavy atom. The van der Waals surface area contributed by atoms with Gasteiger partial charge in [-0.3, -0.25) is 0 Å². The van der Waals surface area contributed by atoms with Gasteiger partial charge in [0.05, 0.1) is 5.60 Å². The van der Waals surface area contributed by atoms with E-state index >= 15 is 0 Å². The first-order chi connectivity index (χ1) is 8.25. The van der Waals surface area contributed by atoms with Gasteiger partial charge in [0, 0.05) is 12.6 Å². The first kappa shape index (κ1) is 15.0. The van der Waals surface area contributed by atoms with Crippen molar-refractivity contribution in [1.82, 2.24) is 0 Å². The molecule has 0 bridgehead atoms. The van der Waals surface area contributed by atoms with Crippen LogP contribution in [0.3, 0.4) is 0 Å². The Kier molecular flexibility index (Phi) is 7.14. The van der Waals surface area contributed by atoms with Gasteiger partial charge in [-0.15, -0.1) is 0 Å². The van der Waals surface area contributed by atoms with Crippen LogP contribution in [0.1, 0.15) is 78.1 Å². The molecule has 1 saturated carbocycles. The van der Waals surface area contributed by atoms with Gasteiger partial charge in [0.25, 0.3) is 0 Å². The molecule has 0 aromatic carbocycles. The van der Waals surface area contributed by atoms with Crippen LogP contribution in [0.25, 0.3) is 0 Å². The number of rotatable bonds is 8. The maximum absolute atomic E-state index is 6.43. The molecule has 0 amide bonds. The highest BCUT2D eigenvalue weighted by atomic mass is 16.5. The second kappa shape index (κ2) is 8.10. The van der Waals surface area contributed by atoms with E-state index in [9.17, 15) is 0 Å². The molecule has 2 N–H and O–H groups in total. The van der Waals surface area contributed by atoms with Gasteiger partial charge in [0.15, 0.2) is 0 Å². The van der Waals surface area contributed by atoms with Gasteiger partial charge in [-0.25, -0.2) is 0 Å². The topological polar surface area (TPSA) is 35.2 Å². The summed E-state index contributed by atoms with van der Waals surface area (Å²) in [4.78, 5) is 0. The van der Waals surface area contributed by atoms with Crippen molar-refractivity contribution < 1.29 is 4.74 Å². The molecule has 1 aliphatic carbocycles. The van der Waals surface area contributed by atoms with E-state index in [0.29, 0.717) is 0 Å². The summed E-state index contributed by atoms with van der Waals surface area (Å²) in [5.74, 6) is 0. The Morgan fingerprint density at radius 2 is 1.76 bits per heavy atom. The molecule has 1 unspecified atom stereocenters. The van der Waals surface area contributed by atoms with Gasteiger partial charge in [-0.05, 0) is 26.2 Å². The molecule has 0 aliphatic heterocycles. The van der Waals surface area contributed by atoms with Crippen molar-refractivity contribution in [2.45, 2.75) is 89.7 Å². The molecule has 17 heavy (non-hydrogen) atoms. The minimum atomic E-state index is 0.0131. The van der Waals surface area contributed by atoms with Crippen LogP contribution < -0.4 is 5.73 Å². The lowest BCUT2D eigenvalue weighted by atomic mass is 9.77. The molecule has 102 valence electrons. The summed E-state index contributed by atoms with van der Waals surface area (Å²) in [6.45, 7) is 5.16. The molecular formula is C15H31NO. The van der Waals surface area contributed by atoms with Gasteiger partial charge in [0.2, 0.25) is 0 Å². The first-order valence-electron chi connectivity index (χ1n) is 7.64. The van der Waals surface area contributed by atoms with Crippen LogP contribution in [0.15, 0.2) is 0 Å². The molecule has 2 nitrogen and oxygen atoms in total. The van der Waals surface area contributed by atoms with Crippen molar-refractivity contribution in [3.8, 4) is 0 Å². The minimum Gasteiger partial charge on any atom is -0.374 e. The molecule has 2 heteroatoms. The highest BCUT2D eigenvalue weighted by Crippen LogP contribution is 2.35. The number of nitrogens with two attached hydrogens (primary N) is 1. The first-order valence-corrected chi connectivity index (χ1v) is 7.64. The average Bonchev–Trinajstić information content (AvgIpc) is 2.36.